The molecule has 1 unspecified atom stereocenters. The third-order valence-electron chi connectivity index (χ3n) is 3.28. The molecule has 0 N–H and O–H groups in total. The predicted molar refractivity (Wildman–Crippen MR) is 69.1 cm³/mol. The quantitative estimate of drug-likeness (QED) is 0.758. The normalized spacial score (nSPS) is 23.7. The highest BCUT2D eigenvalue weighted by Gasteiger charge is 2.25. The van der Waals surface area contributed by atoms with Gasteiger partial charge in [0.2, 0.25) is 0 Å². The van der Waals surface area contributed by atoms with Gasteiger partial charge < -0.3 is 4.74 Å². The second-order valence-corrected chi connectivity index (χ2v) is 5.21. The topological polar surface area (TPSA) is 9.23 Å². The maximum Gasteiger partial charge on any atom is 0.0689 e. The van der Waals surface area contributed by atoms with Crippen LogP contribution in [0, 0.1) is 5.92 Å². The Balaban J connectivity index is 2.05. The smallest absolute Gasteiger partial charge is 0.0689 e. The number of ether oxygens (including phenoxy) is 1. The molecular weight excluding hydrogens is 264 g/mol. The number of fused-ring (bicyclic) bond motifs is 1. The molecule has 82 valence electrons. The van der Waals surface area contributed by atoms with Crippen LogP contribution in [0.25, 0.3) is 5.57 Å². The molecule has 2 aliphatic rings. The van der Waals surface area contributed by atoms with Crippen LogP contribution in [0.2, 0.25) is 0 Å². The van der Waals surface area contributed by atoms with Gasteiger partial charge >= 0.3 is 0 Å². The third-order valence-corrected chi connectivity index (χ3v) is 3.80. The van der Waals surface area contributed by atoms with Crippen LogP contribution in [0.5, 0.6) is 0 Å². The summed E-state index contributed by atoms with van der Waals surface area (Å²) in [5.41, 5.74) is 4.13. The molecule has 1 atom stereocenters. The van der Waals surface area contributed by atoms with Crippen LogP contribution in [0.4, 0.5) is 0 Å². The monoisotopic (exact) mass is 276 g/mol. The number of allylic oxidation sites excluding steroid dienone is 3. The van der Waals surface area contributed by atoms with Gasteiger partial charge in [-0.05, 0) is 35.3 Å². The summed E-state index contributed by atoms with van der Waals surface area (Å²) in [5.74, 6) is 0.614. The Labute approximate surface area is 104 Å². The molecule has 16 heavy (non-hydrogen) atoms. The summed E-state index contributed by atoms with van der Waals surface area (Å²) in [4.78, 5) is 0. The largest absolute Gasteiger partial charge is 0.376 e. The lowest BCUT2D eigenvalue weighted by molar-refractivity contribution is 0.189. The molecule has 2 heteroatoms. The van der Waals surface area contributed by atoms with Crippen molar-refractivity contribution in [2.45, 2.75) is 6.42 Å². The minimum Gasteiger partial charge on any atom is -0.376 e. The fourth-order valence-corrected chi connectivity index (χ4v) is 2.67. The molecule has 0 saturated carbocycles. The van der Waals surface area contributed by atoms with Crippen LogP contribution >= 0.6 is 15.9 Å². The van der Waals surface area contributed by atoms with Crippen molar-refractivity contribution in [3.05, 3.63) is 52.0 Å². The van der Waals surface area contributed by atoms with E-state index in [4.69, 9.17) is 4.74 Å². The van der Waals surface area contributed by atoms with Crippen LogP contribution < -0.4 is 0 Å². The SMILES string of the molecule is Brc1ccc(C2=C3COCC3CC=C2)cc1. The first-order valence-electron chi connectivity index (χ1n) is 5.58. The van der Waals surface area contributed by atoms with Gasteiger partial charge in [-0.15, -0.1) is 0 Å². The van der Waals surface area contributed by atoms with E-state index in [9.17, 15) is 0 Å². The zero-order chi connectivity index (χ0) is 11.0. The summed E-state index contributed by atoms with van der Waals surface area (Å²) in [5, 5.41) is 0. The van der Waals surface area contributed by atoms with Gasteiger partial charge in [0, 0.05) is 10.4 Å². The van der Waals surface area contributed by atoms with E-state index in [-0.39, 0.29) is 0 Å². The van der Waals surface area contributed by atoms with Crippen molar-refractivity contribution in [3.63, 3.8) is 0 Å². The van der Waals surface area contributed by atoms with Crippen LogP contribution in [0.3, 0.4) is 0 Å². The van der Waals surface area contributed by atoms with Gasteiger partial charge in [-0.25, -0.2) is 0 Å². The van der Waals surface area contributed by atoms with Gasteiger partial charge in [0.15, 0.2) is 0 Å². The molecule has 1 heterocycles. The van der Waals surface area contributed by atoms with Gasteiger partial charge in [0.1, 0.15) is 0 Å². The minimum absolute atomic E-state index is 0.614. The van der Waals surface area contributed by atoms with E-state index in [1.54, 1.807) is 0 Å². The summed E-state index contributed by atoms with van der Waals surface area (Å²) in [7, 11) is 0. The minimum atomic E-state index is 0.614. The Morgan fingerprint density at radius 1 is 1.19 bits per heavy atom. The lowest BCUT2D eigenvalue weighted by Crippen LogP contribution is -2.06. The highest BCUT2D eigenvalue weighted by molar-refractivity contribution is 9.10. The first-order valence-corrected chi connectivity index (χ1v) is 6.37. The molecule has 0 radical (unpaired) electrons. The van der Waals surface area contributed by atoms with E-state index in [0.29, 0.717) is 5.92 Å². The average molecular weight is 277 g/mol. The summed E-state index contributed by atoms with van der Waals surface area (Å²) < 4.78 is 6.69. The van der Waals surface area contributed by atoms with E-state index in [0.717, 1.165) is 24.1 Å². The number of rotatable bonds is 1. The van der Waals surface area contributed by atoms with Crippen LogP contribution in [-0.2, 0) is 4.74 Å². The molecule has 1 aliphatic carbocycles. The van der Waals surface area contributed by atoms with Crippen molar-refractivity contribution < 1.29 is 4.74 Å². The van der Waals surface area contributed by atoms with Gasteiger partial charge in [-0.2, -0.15) is 0 Å². The fraction of sp³-hybridized carbons (Fsp3) is 0.286. The fourth-order valence-electron chi connectivity index (χ4n) is 2.41. The van der Waals surface area contributed by atoms with Crippen molar-refractivity contribution in [2.75, 3.05) is 13.2 Å². The molecule has 1 saturated heterocycles. The van der Waals surface area contributed by atoms with E-state index in [1.165, 1.54) is 16.7 Å². The first kappa shape index (κ1) is 10.3. The Bertz CT molecular complexity index is 456. The zero-order valence-corrected chi connectivity index (χ0v) is 10.5. The number of hydrogen-bond donors (Lipinski definition) is 0. The maximum absolute atomic E-state index is 5.56. The van der Waals surface area contributed by atoms with Gasteiger partial charge in [0.25, 0.3) is 0 Å². The second-order valence-electron chi connectivity index (χ2n) is 4.30. The molecule has 1 fully saturated rings. The Morgan fingerprint density at radius 3 is 2.81 bits per heavy atom. The zero-order valence-electron chi connectivity index (χ0n) is 8.95. The molecule has 1 nitrogen and oxygen atoms in total. The Hall–Kier alpha value is -0.860. The van der Waals surface area contributed by atoms with Gasteiger partial charge in [-0.1, -0.05) is 40.2 Å². The van der Waals surface area contributed by atoms with E-state index < -0.39 is 0 Å². The first-order chi connectivity index (χ1) is 7.84. The van der Waals surface area contributed by atoms with Crippen LogP contribution in [0.1, 0.15) is 12.0 Å². The molecular formula is C14H13BrO. The maximum atomic E-state index is 5.56. The molecule has 1 aromatic carbocycles. The van der Waals surface area contributed by atoms with Crippen LogP contribution in [0.15, 0.2) is 46.5 Å². The molecule has 0 amide bonds. The van der Waals surface area contributed by atoms with E-state index >= 15 is 0 Å². The summed E-state index contributed by atoms with van der Waals surface area (Å²) in [6.45, 7) is 1.69. The molecule has 1 aromatic rings. The van der Waals surface area contributed by atoms with Crippen molar-refractivity contribution in [3.8, 4) is 0 Å². The van der Waals surface area contributed by atoms with Gasteiger partial charge in [-0.3, -0.25) is 0 Å². The highest BCUT2D eigenvalue weighted by Crippen LogP contribution is 2.35. The Morgan fingerprint density at radius 2 is 2.00 bits per heavy atom. The molecule has 1 aliphatic heterocycles. The lowest BCUT2D eigenvalue weighted by atomic mass is 9.86. The van der Waals surface area contributed by atoms with Crippen LogP contribution in [-0.4, -0.2) is 13.2 Å². The summed E-state index contributed by atoms with van der Waals surface area (Å²) in [6, 6.07) is 8.52. The van der Waals surface area contributed by atoms with E-state index in [2.05, 4.69) is 52.3 Å². The number of halogens is 1. The highest BCUT2D eigenvalue weighted by atomic mass is 79.9. The Kier molecular flexibility index (Phi) is 2.70. The number of hydrogen-bond acceptors (Lipinski definition) is 1. The van der Waals surface area contributed by atoms with Crippen molar-refractivity contribution >= 4 is 21.5 Å². The standard InChI is InChI=1S/C14H13BrO/c15-12-6-4-10(5-7-12)13-3-1-2-11-8-16-9-14(11)13/h1,3-7,11H,2,8-9H2. The molecule has 3 rings (SSSR count). The number of benzene rings is 1. The average Bonchev–Trinajstić information content (AvgIpc) is 2.78. The van der Waals surface area contributed by atoms with Crippen molar-refractivity contribution in [1.29, 1.82) is 0 Å². The molecule has 0 bridgehead atoms. The van der Waals surface area contributed by atoms with Crippen molar-refractivity contribution in [1.82, 2.24) is 0 Å². The molecule has 0 spiro atoms. The predicted octanol–water partition coefficient (Wildman–Crippen LogP) is 3.81. The van der Waals surface area contributed by atoms with E-state index in [1.807, 2.05) is 0 Å². The molecule has 0 aromatic heterocycles. The third kappa shape index (κ3) is 1.76. The second kappa shape index (κ2) is 4.19. The van der Waals surface area contributed by atoms with Gasteiger partial charge in [0.05, 0.1) is 13.2 Å². The lowest BCUT2D eigenvalue weighted by Gasteiger charge is -2.17. The summed E-state index contributed by atoms with van der Waals surface area (Å²) >= 11 is 3.47. The van der Waals surface area contributed by atoms with Crippen molar-refractivity contribution in [2.24, 2.45) is 5.92 Å². The summed E-state index contributed by atoms with van der Waals surface area (Å²) in [6.07, 6.45) is 5.64.